The van der Waals surface area contributed by atoms with Gasteiger partial charge in [0.15, 0.2) is 5.13 Å². The second-order valence-corrected chi connectivity index (χ2v) is 6.44. The van der Waals surface area contributed by atoms with Crippen LogP contribution in [0.25, 0.3) is 0 Å². The zero-order valence-electron chi connectivity index (χ0n) is 12.8. The average Bonchev–Trinajstić information content (AvgIpc) is 2.93. The number of benzene rings is 1. The average molecular weight is 348 g/mol. The first-order valence-electron chi connectivity index (χ1n) is 7.59. The van der Waals surface area contributed by atoms with Gasteiger partial charge in [-0.3, -0.25) is 14.9 Å². The van der Waals surface area contributed by atoms with Crippen LogP contribution in [-0.4, -0.2) is 36.4 Å². The summed E-state index contributed by atoms with van der Waals surface area (Å²) >= 11 is 1.20. The molecular weight excluding hydrogens is 331 g/mol. The van der Waals surface area contributed by atoms with E-state index in [1.54, 1.807) is 11.4 Å². The number of carbonyl (C=O) groups excluding carboxylic acids is 2. The van der Waals surface area contributed by atoms with Gasteiger partial charge in [0.25, 0.3) is 5.91 Å². The van der Waals surface area contributed by atoms with Gasteiger partial charge in [0.2, 0.25) is 5.91 Å². The quantitative estimate of drug-likeness (QED) is 0.737. The van der Waals surface area contributed by atoms with Crippen molar-refractivity contribution in [1.29, 1.82) is 0 Å². The van der Waals surface area contributed by atoms with Crippen LogP contribution in [0.5, 0.6) is 0 Å². The van der Waals surface area contributed by atoms with E-state index in [1.165, 1.54) is 29.5 Å². The maximum atomic E-state index is 13.6. The van der Waals surface area contributed by atoms with Gasteiger partial charge in [-0.25, -0.2) is 9.37 Å². The molecule has 1 aliphatic heterocycles. The molecule has 0 radical (unpaired) electrons. The molecule has 1 saturated heterocycles. The largest absolute Gasteiger partial charge is 0.355 e. The predicted octanol–water partition coefficient (Wildman–Crippen LogP) is 1.41. The molecule has 2 amide bonds. The van der Waals surface area contributed by atoms with E-state index in [-0.39, 0.29) is 17.9 Å². The van der Waals surface area contributed by atoms with E-state index in [9.17, 15) is 14.0 Å². The molecule has 6 nitrogen and oxygen atoms in total. The highest BCUT2D eigenvalue weighted by atomic mass is 32.1. The van der Waals surface area contributed by atoms with Gasteiger partial charge in [0.1, 0.15) is 5.82 Å². The molecule has 0 atom stereocenters. The van der Waals surface area contributed by atoms with Crippen LogP contribution in [0.15, 0.2) is 29.6 Å². The van der Waals surface area contributed by atoms with Gasteiger partial charge in [0.05, 0.1) is 17.7 Å². The molecule has 1 fully saturated rings. The number of rotatable bonds is 6. The zero-order chi connectivity index (χ0) is 16.9. The van der Waals surface area contributed by atoms with Gasteiger partial charge in [-0.05, 0) is 12.1 Å². The maximum absolute atomic E-state index is 13.6. The van der Waals surface area contributed by atoms with Gasteiger partial charge >= 0.3 is 0 Å². The van der Waals surface area contributed by atoms with Crippen LogP contribution in [0.1, 0.15) is 16.1 Å². The van der Waals surface area contributed by atoms with E-state index in [1.807, 2.05) is 0 Å². The summed E-state index contributed by atoms with van der Waals surface area (Å²) in [5.74, 6) is -0.744. The Bertz CT molecular complexity index is 745. The van der Waals surface area contributed by atoms with Crippen molar-refractivity contribution in [3.63, 3.8) is 0 Å². The number of halogens is 1. The minimum Gasteiger partial charge on any atom is -0.355 e. The highest BCUT2D eigenvalue weighted by Crippen LogP contribution is 2.17. The molecule has 1 aliphatic rings. The Labute approximate surface area is 142 Å². The summed E-state index contributed by atoms with van der Waals surface area (Å²) < 4.78 is 13.6. The van der Waals surface area contributed by atoms with Crippen molar-refractivity contribution in [2.45, 2.75) is 6.42 Å². The van der Waals surface area contributed by atoms with Gasteiger partial charge in [0, 0.05) is 30.9 Å². The lowest BCUT2D eigenvalue weighted by Crippen LogP contribution is -2.48. The molecule has 8 heteroatoms. The fourth-order valence-corrected chi connectivity index (χ4v) is 2.94. The third-order valence-electron chi connectivity index (χ3n) is 3.69. The molecule has 0 saturated carbocycles. The molecule has 0 spiro atoms. The molecule has 24 heavy (non-hydrogen) atoms. The lowest BCUT2D eigenvalue weighted by Gasteiger charge is -2.26. The molecule has 3 rings (SSSR count). The highest BCUT2D eigenvalue weighted by Gasteiger charge is 2.18. The van der Waals surface area contributed by atoms with Crippen molar-refractivity contribution in [1.82, 2.24) is 15.6 Å². The minimum atomic E-state index is -0.586. The first kappa shape index (κ1) is 16.5. The Morgan fingerprint density at radius 3 is 2.83 bits per heavy atom. The summed E-state index contributed by atoms with van der Waals surface area (Å²) in [6.07, 6.45) is 0.159. The molecule has 0 bridgehead atoms. The van der Waals surface area contributed by atoms with Crippen LogP contribution in [-0.2, 0) is 11.2 Å². The number of nitrogens with zero attached hydrogens (tertiary/aromatic N) is 1. The Kier molecular flexibility index (Phi) is 5.17. The van der Waals surface area contributed by atoms with Gasteiger partial charge in [-0.2, -0.15) is 0 Å². The smallest absolute Gasteiger partial charge is 0.260 e. The van der Waals surface area contributed by atoms with Crippen molar-refractivity contribution in [2.75, 3.05) is 25.0 Å². The monoisotopic (exact) mass is 348 g/mol. The Balaban J connectivity index is 1.52. The highest BCUT2D eigenvalue weighted by molar-refractivity contribution is 7.14. The summed E-state index contributed by atoms with van der Waals surface area (Å²) in [5.41, 5.74) is 0.536. The van der Waals surface area contributed by atoms with E-state index in [0.29, 0.717) is 23.3 Å². The van der Waals surface area contributed by atoms with Crippen molar-refractivity contribution < 1.29 is 14.0 Å². The van der Waals surface area contributed by atoms with Crippen LogP contribution in [0.4, 0.5) is 9.52 Å². The van der Waals surface area contributed by atoms with E-state index in [2.05, 4.69) is 20.9 Å². The maximum Gasteiger partial charge on any atom is 0.260 e. The van der Waals surface area contributed by atoms with Gasteiger partial charge in [-0.1, -0.05) is 12.1 Å². The number of carbonyl (C=O) groups is 2. The molecule has 1 aromatic heterocycles. The second kappa shape index (κ2) is 7.50. The van der Waals surface area contributed by atoms with Gasteiger partial charge < -0.3 is 10.6 Å². The molecule has 2 heterocycles. The number of anilines is 1. The molecule has 126 valence electrons. The number of hydrogen-bond donors (Lipinski definition) is 3. The Hall–Kier alpha value is -2.32. The Morgan fingerprint density at radius 2 is 2.12 bits per heavy atom. The SMILES string of the molecule is O=C(Cc1csc(NC(=O)c2ccccc2F)n1)NCC1CNC1. The molecule has 2 aromatic rings. The van der Waals surface area contributed by atoms with Crippen molar-refractivity contribution in [2.24, 2.45) is 5.92 Å². The lowest BCUT2D eigenvalue weighted by molar-refractivity contribution is -0.120. The van der Waals surface area contributed by atoms with Crippen LogP contribution >= 0.6 is 11.3 Å². The van der Waals surface area contributed by atoms with E-state index < -0.39 is 11.7 Å². The van der Waals surface area contributed by atoms with Crippen molar-refractivity contribution in [3.8, 4) is 0 Å². The normalized spacial score (nSPS) is 14.0. The van der Waals surface area contributed by atoms with Crippen LogP contribution in [0.2, 0.25) is 0 Å². The fourth-order valence-electron chi connectivity index (χ4n) is 2.23. The minimum absolute atomic E-state index is 0.0406. The van der Waals surface area contributed by atoms with Crippen LogP contribution in [0.3, 0.4) is 0 Å². The number of thiazole rings is 1. The summed E-state index contributed by atoms with van der Waals surface area (Å²) in [6, 6.07) is 5.74. The third kappa shape index (κ3) is 4.15. The first-order chi connectivity index (χ1) is 11.6. The summed E-state index contributed by atoms with van der Waals surface area (Å²) in [7, 11) is 0. The number of aromatic nitrogens is 1. The number of nitrogens with one attached hydrogen (secondary N) is 3. The van der Waals surface area contributed by atoms with E-state index in [4.69, 9.17) is 0 Å². The summed E-state index contributed by atoms with van der Waals surface area (Å²) in [5, 5.41) is 10.6. The molecular formula is C16H17FN4O2S. The van der Waals surface area contributed by atoms with Crippen molar-refractivity contribution >= 4 is 28.3 Å². The fraction of sp³-hybridized carbons (Fsp3) is 0.312. The lowest BCUT2D eigenvalue weighted by atomic mass is 10.0. The third-order valence-corrected chi connectivity index (χ3v) is 4.49. The second-order valence-electron chi connectivity index (χ2n) is 5.58. The number of hydrogen-bond acceptors (Lipinski definition) is 5. The zero-order valence-corrected chi connectivity index (χ0v) is 13.7. The van der Waals surface area contributed by atoms with E-state index >= 15 is 0 Å². The molecule has 0 unspecified atom stereocenters. The Morgan fingerprint density at radius 1 is 1.33 bits per heavy atom. The van der Waals surface area contributed by atoms with Crippen LogP contribution in [0, 0.1) is 11.7 Å². The predicted molar refractivity (Wildman–Crippen MR) is 89.5 cm³/mol. The van der Waals surface area contributed by atoms with Gasteiger partial charge in [-0.15, -0.1) is 11.3 Å². The summed E-state index contributed by atoms with van der Waals surface area (Å²) in [4.78, 5) is 28.1. The topological polar surface area (TPSA) is 83.1 Å². The number of amides is 2. The van der Waals surface area contributed by atoms with Crippen molar-refractivity contribution in [3.05, 3.63) is 46.7 Å². The molecule has 0 aliphatic carbocycles. The van der Waals surface area contributed by atoms with Crippen LogP contribution < -0.4 is 16.0 Å². The van der Waals surface area contributed by atoms with E-state index in [0.717, 1.165) is 13.1 Å². The standard InChI is InChI=1S/C16H17FN4O2S/c17-13-4-2-1-3-12(13)15(23)21-16-20-11(9-24-16)5-14(22)19-8-10-6-18-7-10/h1-4,9-10,18H,5-8H2,(H,19,22)(H,20,21,23). The molecule has 1 aromatic carbocycles. The molecule has 3 N–H and O–H groups in total. The first-order valence-corrected chi connectivity index (χ1v) is 8.47. The summed E-state index contributed by atoms with van der Waals surface area (Å²) in [6.45, 7) is 2.53.